The zero-order valence-electron chi connectivity index (χ0n) is 52.2. The smallest absolute Gasteiger partial charge is 0.143 e. The molecule has 0 radical (unpaired) electrons. The van der Waals surface area contributed by atoms with Crippen LogP contribution in [0.1, 0.15) is 31.5 Å². The summed E-state index contributed by atoms with van der Waals surface area (Å²) in [5.41, 5.74) is -3.04. The van der Waals surface area contributed by atoms with Gasteiger partial charge in [-0.3, -0.25) is 0 Å². The summed E-state index contributed by atoms with van der Waals surface area (Å²) in [7, 11) is 0. The molecule has 0 saturated heterocycles. The maximum atomic E-state index is 9.98. The Kier molecular flexibility index (Phi) is 3.63. The summed E-state index contributed by atoms with van der Waals surface area (Å²) in [4.78, 5) is 0. The number of furan rings is 1. The zero-order valence-corrected chi connectivity index (χ0v) is 29.2. The lowest BCUT2D eigenvalue weighted by molar-refractivity contribution is 0.669. The lowest BCUT2D eigenvalue weighted by Gasteiger charge is -2.11. The van der Waals surface area contributed by atoms with Crippen LogP contribution in [0, 0.1) is 0 Å². The Labute approximate surface area is 361 Å². The highest BCUT2D eigenvalue weighted by atomic mass is 16.3. The molecule has 3 nitrogen and oxygen atoms in total. The molecule has 3 aromatic heterocycles. The molecule has 0 unspecified atom stereocenters. The van der Waals surface area contributed by atoms with Gasteiger partial charge in [0.25, 0.3) is 0 Å². The van der Waals surface area contributed by atoms with Gasteiger partial charge in [-0.15, -0.1) is 0 Å². The molecule has 266 valence electrons. The number of benzene rings is 9. The van der Waals surface area contributed by atoms with Crippen LogP contribution in [-0.4, -0.2) is 9.13 Å². The molecule has 0 bridgehead atoms. The number of hydrogen-bond acceptors (Lipinski definition) is 1. The van der Waals surface area contributed by atoms with Crippen molar-refractivity contribution in [2.45, 2.75) is 0 Å². The van der Waals surface area contributed by atoms with E-state index in [9.17, 15) is 16.4 Å². The minimum absolute atomic E-state index is 0.147. The van der Waals surface area contributed by atoms with Gasteiger partial charge in [0.15, 0.2) is 0 Å². The van der Waals surface area contributed by atoms with E-state index in [0.717, 1.165) is 22.3 Å². The summed E-state index contributed by atoms with van der Waals surface area (Å²) in [5, 5.41) is -1.95. The third-order valence-electron chi connectivity index (χ3n) is 9.91. The van der Waals surface area contributed by atoms with Crippen molar-refractivity contribution < 1.29 is 35.9 Å². The average molecular weight is 750 g/mol. The van der Waals surface area contributed by atoms with E-state index in [2.05, 4.69) is 0 Å². The number of hydrogen-bond donors (Lipinski definition) is 0. The molecule has 0 fully saturated rings. The van der Waals surface area contributed by atoms with Crippen LogP contribution in [0.25, 0.3) is 110 Å². The van der Waals surface area contributed by atoms with Crippen molar-refractivity contribution in [3.8, 4) is 44.8 Å². The molecule has 0 spiro atoms. The van der Waals surface area contributed by atoms with Gasteiger partial charge in [0, 0.05) is 55.3 Å². The zero-order chi connectivity index (χ0) is 57.5. The van der Waals surface area contributed by atoms with E-state index < -0.39 is 200 Å². The van der Waals surface area contributed by atoms with Crippen molar-refractivity contribution in [2.75, 3.05) is 0 Å². The van der Waals surface area contributed by atoms with Crippen LogP contribution in [0.4, 0.5) is 0 Å². The van der Waals surface area contributed by atoms with Crippen molar-refractivity contribution in [1.82, 2.24) is 9.13 Å². The van der Waals surface area contributed by atoms with E-state index >= 15 is 0 Å². The first-order chi connectivity index (χ1) is 37.8. The number of para-hydroxylation sites is 3. The van der Waals surface area contributed by atoms with E-state index in [1.807, 2.05) is 36.4 Å². The van der Waals surface area contributed by atoms with Crippen LogP contribution in [0.2, 0.25) is 0 Å². The van der Waals surface area contributed by atoms with Gasteiger partial charge in [0.2, 0.25) is 0 Å². The second-order valence-electron chi connectivity index (χ2n) is 13.1. The van der Waals surface area contributed by atoms with Gasteiger partial charge in [0.1, 0.15) is 11.2 Å². The van der Waals surface area contributed by atoms with Crippen LogP contribution in [0.5, 0.6) is 0 Å². The van der Waals surface area contributed by atoms with Crippen molar-refractivity contribution in [3.63, 3.8) is 0 Å². The van der Waals surface area contributed by atoms with E-state index in [1.54, 1.807) is 18.2 Å². The molecule has 3 heteroatoms. The SMILES string of the molecule is [2H]c1cc([2H])c([2H])c(-c2c([2H])c([2H])c([2H])c3c2oc2c([2H])c(-n4c5c([2H])c([2H])c([2H])c([2H])c5c5c([2H])c(-c6c([2H])c([2H])c7c(c6[2H])c6c([2H])c([2H])c([2H])c([2H])c6n7-c6cccc(-c7ccccc7)c6)c([2H])c([2H])c54)cc([2H])c23)c1[2H]. The molecular formula is C54H34N2O. The number of rotatable bonds is 5. The predicted molar refractivity (Wildman–Crippen MR) is 239 cm³/mol. The minimum Gasteiger partial charge on any atom is -0.455 e. The molecule has 0 N–H and O–H groups in total. The van der Waals surface area contributed by atoms with Gasteiger partial charge >= 0.3 is 0 Å². The highest BCUT2D eigenvalue weighted by Gasteiger charge is 2.18. The highest BCUT2D eigenvalue weighted by Crippen LogP contribution is 2.41. The highest BCUT2D eigenvalue weighted by molar-refractivity contribution is 6.14. The fourth-order valence-corrected chi connectivity index (χ4v) is 7.40. The van der Waals surface area contributed by atoms with Gasteiger partial charge in [-0.25, -0.2) is 0 Å². The molecule has 0 aliphatic carbocycles. The van der Waals surface area contributed by atoms with Crippen LogP contribution < -0.4 is 0 Å². The molecule has 0 saturated carbocycles. The first-order valence-corrected chi connectivity index (χ1v) is 17.6. The Hall–Kier alpha value is -7.62. The van der Waals surface area contributed by atoms with E-state index in [0.29, 0.717) is 11.3 Å². The Bertz CT molecular complexity index is 4840. The fourth-order valence-electron chi connectivity index (χ4n) is 7.40. The summed E-state index contributed by atoms with van der Waals surface area (Å²) >= 11 is 0. The van der Waals surface area contributed by atoms with E-state index in [1.165, 1.54) is 4.57 Å². The monoisotopic (exact) mass is 749 g/mol. The number of fused-ring (bicyclic) bond motifs is 9. The third-order valence-corrected chi connectivity index (χ3v) is 9.91. The first-order valence-electron chi connectivity index (χ1n) is 29.1. The maximum Gasteiger partial charge on any atom is 0.143 e. The Balaban J connectivity index is 1.20. The summed E-state index contributed by atoms with van der Waals surface area (Å²) in [6.45, 7) is 0. The topological polar surface area (TPSA) is 23.0 Å². The molecule has 0 aliphatic rings. The molecule has 12 rings (SSSR count). The van der Waals surface area contributed by atoms with E-state index in [-0.39, 0.29) is 32.6 Å². The Morgan fingerprint density at radius 1 is 0.368 bits per heavy atom. The van der Waals surface area contributed by atoms with Gasteiger partial charge in [-0.1, -0.05) is 139 Å². The lowest BCUT2D eigenvalue weighted by Crippen LogP contribution is -1.94. The molecule has 0 amide bonds. The third kappa shape index (κ3) is 4.92. The summed E-state index contributed by atoms with van der Waals surface area (Å²) in [6.07, 6.45) is 0. The van der Waals surface area contributed by atoms with Gasteiger partial charge in [0.05, 0.1) is 53.6 Å². The molecule has 57 heavy (non-hydrogen) atoms. The molecule has 12 aromatic rings. The van der Waals surface area contributed by atoms with Crippen LogP contribution in [0.3, 0.4) is 0 Å². The molecule has 9 aromatic carbocycles. The Morgan fingerprint density at radius 3 is 1.72 bits per heavy atom. The van der Waals surface area contributed by atoms with Gasteiger partial charge in [-0.05, 0) is 88.3 Å². The standard InChI is InChI=1S/C54H34N2O/c1-3-13-35(14-4-1)37-17-11-18-40(31-37)55-49-23-9-7-19-43(49)47-32-38(25-29-51(47)55)39-26-30-52-48(33-39)44-20-8-10-24-50(44)56(52)41-27-28-45-46-22-12-21-42(36-15-5-2-6-16-36)54(46)57-53(45)34-41/h1-34H/i5D,6D,7D,8D,9D,10D,12D,15D,16D,19D,20D,21D,22D,23D,24D,25D,26D,28D,29D,30D,32D,33D,34D. The van der Waals surface area contributed by atoms with Crippen molar-refractivity contribution in [2.24, 2.45) is 0 Å². The molecule has 0 atom stereocenters. The quantitative estimate of drug-likeness (QED) is 0.172. The van der Waals surface area contributed by atoms with Crippen molar-refractivity contribution in [3.05, 3.63) is 206 Å². The van der Waals surface area contributed by atoms with Crippen molar-refractivity contribution in [1.29, 1.82) is 0 Å². The van der Waals surface area contributed by atoms with E-state index in [4.69, 9.17) is 19.5 Å². The lowest BCUT2D eigenvalue weighted by atomic mass is 10.0. The summed E-state index contributed by atoms with van der Waals surface area (Å²) in [6, 6.07) is 2.31. The molecular weight excluding hydrogens is 693 g/mol. The Morgan fingerprint density at radius 2 is 1.00 bits per heavy atom. The molecule has 0 aliphatic heterocycles. The van der Waals surface area contributed by atoms with Crippen molar-refractivity contribution >= 4 is 65.6 Å². The maximum absolute atomic E-state index is 9.98. The normalized spacial score (nSPS) is 17.5. The second-order valence-corrected chi connectivity index (χ2v) is 13.1. The average Bonchev–Trinajstić information content (AvgIpc) is 2.18. The summed E-state index contributed by atoms with van der Waals surface area (Å²) in [5.74, 6) is 0. The van der Waals surface area contributed by atoms with Crippen LogP contribution in [0.15, 0.2) is 210 Å². The predicted octanol–water partition coefficient (Wildman–Crippen LogP) is 14.8. The minimum atomic E-state index is -0.872. The summed E-state index contributed by atoms with van der Waals surface area (Å²) < 4.78 is 219. The number of aromatic nitrogens is 2. The second kappa shape index (κ2) is 12.5. The molecule has 3 heterocycles. The number of nitrogens with zero attached hydrogens (tertiary/aromatic N) is 2. The fraction of sp³-hybridized carbons (Fsp3) is 0. The first kappa shape index (κ1) is 16.6. The largest absolute Gasteiger partial charge is 0.455 e. The van der Waals surface area contributed by atoms with Crippen LogP contribution >= 0.6 is 0 Å². The van der Waals surface area contributed by atoms with Gasteiger partial charge < -0.3 is 13.6 Å². The van der Waals surface area contributed by atoms with Gasteiger partial charge in [-0.2, -0.15) is 0 Å². The van der Waals surface area contributed by atoms with Crippen LogP contribution in [-0.2, 0) is 0 Å².